The van der Waals surface area contributed by atoms with E-state index >= 15 is 0 Å². The summed E-state index contributed by atoms with van der Waals surface area (Å²) in [6, 6.07) is 3.11. The number of rotatable bonds is 4. The van der Waals surface area contributed by atoms with E-state index in [1.807, 2.05) is 6.92 Å². The topological polar surface area (TPSA) is 53.6 Å². The molecular formula is C14H19Cl2N3O2. The molecule has 0 unspecified atom stereocenters. The SMILES string of the molecule is Cc1c(Cl)cc(NC(=O)NCCN2CCOCC2)cc1Cl. The summed E-state index contributed by atoms with van der Waals surface area (Å²) in [4.78, 5) is 14.1. The van der Waals surface area contributed by atoms with Gasteiger partial charge in [-0.1, -0.05) is 23.2 Å². The predicted octanol–water partition coefficient (Wildman–Crippen LogP) is 2.76. The lowest BCUT2D eigenvalue weighted by atomic mass is 10.2. The van der Waals surface area contributed by atoms with Crippen molar-refractivity contribution in [1.82, 2.24) is 10.2 Å². The molecule has 2 rings (SSSR count). The van der Waals surface area contributed by atoms with Crippen molar-refractivity contribution in [1.29, 1.82) is 0 Å². The van der Waals surface area contributed by atoms with Crippen LogP contribution in [0.2, 0.25) is 10.0 Å². The number of hydrogen-bond donors (Lipinski definition) is 2. The van der Waals surface area contributed by atoms with Crippen molar-refractivity contribution in [2.75, 3.05) is 44.7 Å². The second-order valence-corrected chi connectivity index (χ2v) is 5.71. The number of carbonyl (C=O) groups is 1. The molecule has 7 heteroatoms. The lowest BCUT2D eigenvalue weighted by molar-refractivity contribution is 0.0388. The zero-order chi connectivity index (χ0) is 15.2. The molecule has 2 N–H and O–H groups in total. The number of hydrogen-bond acceptors (Lipinski definition) is 3. The third-order valence-electron chi connectivity index (χ3n) is 3.36. The number of carbonyl (C=O) groups excluding carboxylic acids is 1. The van der Waals surface area contributed by atoms with Gasteiger partial charge in [0.15, 0.2) is 0 Å². The van der Waals surface area contributed by atoms with Crippen LogP contribution in [-0.4, -0.2) is 50.3 Å². The Kier molecular flexibility index (Phi) is 6.11. The predicted molar refractivity (Wildman–Crippen MR) is 85.5 cm³/mol. The highest BCUT2D eigenvalue weighted by Crippen LogP contribution is 2.27. The Morgan fingerprint density at radius 3 is 2.52 bits per heavy atom. The summed E-state index contributed by atoms with van der Waals surface area (Å²) in [5.41, 5.74) is 1.39. The van der Waals surface area contributed by atoms with E-state index < -0.39 is 0 Å². The zero-order valence-electron chi connectivity index (χ0n) is 11.9. The molecule has 116 valence electrons. The van der Waals surface area contributed by atoms with E-state index in [0.29, 0.717) is 22.3 Å². The van der Waals surface area contributed by atoms with Gasteiger partial charge in [0.25, 0.3) is 0 Å². The first-order valence-corrected chi connectivity index (χ1v) is 7.62. The van der Waals surface area contributed by atoms with Crippen LogP contribution < -0.4 is 10.6 Å². The summed E-state index contributed by atoms with van der Waals surface area (Å²) in [6.07, 6.45) is 0. The van der Waals surface area contributed by atoms with E-state index in [9.17, 15) is 4.79 Å². The van der Waals surface area contributed by atoms with Gasteiger partial charge in [-0.2, -0.15) is 0 Å². The van der Waals surface area contributed by atoms with Gasteiger partial charge in [-0.15, -0.1) is 0 Å². The maximum absolute atomic E-state index is 11.8. The number of amides is 2. The van der Waals surface area contributed by atoms with Crippen LogP contribution >= 0.6 is 23.2 Å². The van der Waals surface area contributed by atoms with Crippen molar-refractivity contribution in [3.05, 3.63) is 27.7 Å². The van der Waals surface area contributed by atoms with Crippen molar-refractivity contribution < 1.29 is 9.53 Å². The fraction of sp³-hybridized carbons (Fsp3) is 0.500. The molecule has 21 heavy (non-hydrogen) atoms. The van der Waals surface area contributed by atoms with Gasteiger partial charge in [-0.25, -0.2) is 4.79 Å². The Balaban J connectivity index is 1.76. The molecule has 1 fully saturated rings. The van der Waals surface area contributed by atoms with Gasteiger partial charge in [0.05, 0.1) is 13.2 Å². The molecule has 0 spiro atoms. The lowest BCUT2D eigenvalue weighted by Crippen LogP contribution is -2.42. The van der Waals surface area contributed by atoms with Crippen molar-refractivity contribution >= 4 is 34.9 Å². The van der Waals surface area contributed by atoms with Crippen molar-refractivity contribution in [2.24, 2.45) is 0 Å². The van der Waals surface area contributed by atoms with Gasteiger partial charge in [0.1, 0.15) is 0 Å². The molecule has 0 radical (unpaired) electrons. The molecule has 1 aliphatic heterocycles. The normalized spacial score (nSPS) is 15.8. The summed E-state index contributed by atoms with van der Waals surface area (Å²) in [5, 5.41) is 6.61. The Hall–Kier alpha value is -1.01. The van der Waals surface area contributed by atoms with Gasteiger partial charge in [-0.3, -0.25) is 4.90 Å². The minimum atomic E-state index is -0.265. The van der Waals surface area contributed by atoms with Gasteiger partial charge >= 0.3 is 6.03 Å². The Morgan fingerprint density at radius 2 is 1.90 bits per heavy atom. The van der Waals surface area contributed by atoms with Crippen molar-refractivity contribution in [3.63, 3.8) is 0 Å². The first-order valence-electron chi connectivity index (χ1n) is 6.87. The molecule has 1 heterocycles. The van der Waals surface area contributed by atoms with Crippen LogP contribution in [0.1, 0.15) is 5.56 Å². The maximum atomic E-state index is 11.8. The highest BCUT2D eigenvalue weighted by molar-refractivity contribution is 6.36. The Morgan fingerprint density at radius 1 is 1.29 bits per heavy atom. The molecule has 0 aromatic heterocycles. The number of ether oxygens (including phenoxy) is 1. The molecule has 0 atom stereocenters. The van der Waals surface area contributed by atoms with Crippen LogP contribution in [0.4, 0.5) is 10.5 Å². The minimum Gasteiger partial charge on any atom is -0.379 e. The van der Waals surface area contributed by atoms with Gasteiger partial charge < -0.3 is 15.4 Å². The van der Waals surface area contributed by atoms with Crippen molar-refractivity contribution in [2.45, 2.75) is 6.92 Å². The zero-order valence-corrected chi connectivity index (χ0v) is 13.4. The average Bonchev–Trinajstić information content (AvgIpc) is 2.46. The summed E-state index contributed by atoms with van der Waals surface area (Å²) in [7, 11) is 0. The van der Waals surface area contributed by atoms with E-state index in [1.165, 1.54) is 0 Å². The number of anilines is 1. The molecule has 0 aliphatic carbocycles. The summed E-state index contributed by atoms with van der Waals surface area (Å²) < 4.78 is 5.27. The number of nitrogens with one attached hydrogen (secondary N) is 2. The highest BCUT2D eigenvalue weighted by atomic mass is 35.5. The van der Waals surface area contributed by atoms with Gasteiger partial charge in [-0.05, 0) is 24.6 Å². The number of nitrogens with zero attached hydrogens (tertiary/aromatic N) is 1. The molecule has 2 amide bonds. The number of benzene rings is 1. The van der Waals surface area contributed by atoms with Crippen LogP contribution in [0, 0.1) is 6.92 Å². The third kappa shape index (κ3) is 5.04. The summed E-state index contributed by atoms with van der Waals surface area (Å²) >= 11 is 12.1. The third-order valence-corrected chi connectivity index (χ3v) is 4.14. The first-order chi connectivity index (χ1) is 10.1. The average molecular weight is 332 g/mol. The van der Waals surface area contributed by atoms with Crippen molar-refractivity contribution in [3.8, 4) is 0 Å². The maximum Gasteiger partial charge on any atom is 0.319 e. The Labute approximate surface area is 134 Å². The molecule has 1 aliphatic rings. The fourth-order valence-corrected chi connectivity index (χ4v) is 2.53. The number of urea groups is 1. The van der Waals surface area contributed by atoms with Crippen LogP contribution in [0.15, 0.2) is 12.1 Å². The first kappa shape index (κ1) is 16.4. The second-order valence-electron chi connectivity index (χ2n) is 4.90. The number of halogens is 2. The van der Waals surface area contributed by atoms with E-state index in [-0.39, 0.29) is 6.03 Å². The molecule has 1 saturated heterocycles. The standard InChI is InChI=1S/C14H19Cl2N3O2/c1-10-12(15)8-11(9-13(10)16)18-14(20)17-2-3-19-4-6-21-7-5-19/h8-9H,2-7H2,1H3,(H2,17,18,20). The molecule has 1 aromatic carbocycles. The molecular weight excluding hydrogens is 313 g/mol. The quantitative estimate of drug-likeness (QED) is 0.891. The summed E-state index contributed by atoms with van der Waals surface area (Å²) in [5.74, 6) is 0. The van der Waals surface area contributed by atoms with Crippen LogP contribution in [-0.2, 0) is 4.74 Å². The van der Waals surface area contributed by atoms with Crippen LogP contribution in [0.3, 0.4) is 0 Å². The van der Waals surface area contributed by atoms with E-state index in [4.69, 9.17) is 27.9 Å². The smallest absolute Gasteiger partial charge is 0.319 e. The largest absolute Gasteiger partial charge is 0.379 e. The lowest BCUT2D eigenvalue weighted by Gasteiger charge is -2.26. The fourth-order valence-electron chi connectivity index (χ4n) is 2.05. The van der Waals surface area contributed by atoms with Crippen LogP contribution in [0.25, 0.3) is 0 Å². The summed E-state index contributed by atoms with van der Waals surface area (Å²) in [6.45, 7) is 6.56. The molecule has 1 aromatic rings. The van der Waals surface area contributed by atoms with Crippen LogP contribution in [0.5, 0.6) is 0 Å². The number of morpholine rings is 1. The molecule has 0 bridgehead atoms. The highest BCUT2D eigenvalue weighted by Gasteiger charge is 2.11. The van der Waals surface area contributed by atoms with E-state index in [2.05, 4.69) is 15.5 Å². The van der Waals surface area contributed by atoms with Gasteiger partial charge in [0.2, 0.25) is 0 Å². The Bertz CT molecular complexity index is 482. The van der Waals surface area contributed by atoms with E-state index in [1.54, 1.807) is 12.1 Å². The minimum absolute atomic E-state index is 0.265. The monoisotopic (exact) mass is 331 g/mol. The second kappa shape index (κ2) is 7.84. The van der Waals surface area contributed by atoms with E-state index in [0.717, 1.165) is 38.4 Å². The van der Waals surface area contributed by atoms with Gasteiger partial charge in [0, 0.05) is 41.9 Å². The molecule has 5 nitrogen and oxygen atoms in total. The molecule has 0 saturated carbocycles.